The Bertz CT molecular complexity index is 1120. The molecule has 4 atom stereocenters. The van der Waals surface area contributed by atoms with Crippen molar-refractivity contribution in [3.8, 4) is 5.75 Å². The highest BCUT2D eigenvalue weighted by molar-refractivity contribution is 6.17. The van der Waals surface area contributed by atoms with Crippen LogP contribution >= 0.6 is 0 Å². The third kappa shape index (κ3) is 3.30. The van der Waals surface area contributed by atoms with Gasteiger partial charge >= 0.3 is 0 Å². The number of fused-ring (bicyclic) bond motifs is 1. The van der Waals surface area contributed by atoms with Crippen LogP contribution in [0.4, 0.5) is 10.2 Å². The number of hydrogen-bond acceptors (Lipinski definition) is 6. The van der Waals surface area contributed by atoms with Crippen molar-refractivity contribution in [2.45, 2.75) is 44.5 Å². The molecule has 1 fully saturated rings. The van der Waals surface area contributed by atoms with Crippen LogP contribution in [0.3, 0.4) is 0 Å². The zero-order valence-corrected chi connectivity index (χ0v) is 17.6. The van der Waals surface area contributed by atoms with Crippen LogP contribution in [0.5, 0.6) is 5.75 Å². The Balaban J connectivity index is 1.61. The molecular formula is C24H23FN2O5. The van der Waals surface area contributed by atoms with E-state index >= 15 is 0 Å². The molecule has 3 aliphatic rings. The zero-order chi connectivity index (χ0) is 22.4. The van der Waals surface area contributed by atoms with E-state index in [0.29, 0.717) is 36.5 Å². The highest BCUT2D eigenvalue weighted by Crippen LogP contribution is 2.48. The van der Waals surface area contributed by atoms with Crippen molar-refractivity contribution in [3.63, 3.8) is 0 Å². The Morgan fingerprint density at radius 2 is 2.16 bits per heavy atom. The van der Waals surface area contributed by atoms with E-state index in [-0.39, 0.29) is 29.4 Å². The highest BCUT2D eigenvalue weighted by atomic mass is 19.1. The molecule has 2 aromatic rings. The summed E-state index contributed by atoms with van der Waals surface area (Å²) in [5, 5.41) is 4.01. The quantitative estimate of drug-likeness (QED) is 0.657. The number of aryl methyl sites for hydroxylation is 1. The number of halogens is 1. The van der Waals surface area contributed by atoms with Crippen LogP contribution in [0.2, 0.25) is 0 Å². The SMILES string of the molecule is C=CCOc1cccc(C2C3=C(OC4CCC(F)CC4C3=O)C(=O)N2c2cc(C)on2)c1. The van der Waals surface area contributed by atoms with E-state index in [2.05, 4.69) is 11.7 Å². The third-order valence-corrected chi connectivity index (χ3v) is 6.19. The number of alkyl halides is 1. The van der Waals surface area contributed by atoms with Gasteiger partial charge in [0.2, 0.25) is 0 Å². The normalized spacial score (nSPS) is 27.1. The van der Waals surface area contributed by atoms with Gasteiger partial charge in [0.15, 0.2) is 17.4 Å². The second-order valence-corrected chi connectivity index (χ2v) is 8.33. The van der Waals surface area contributed by atoms with Gasteiger partial charge in [-0.15, -0.1) is 0 Å². The summed E-state index contributed by atoms with van der Waals surface area (Å²) in [7, 11) is 0. The average Bonchev–Trinajstić information content (AvgIpc) is 3.34. The van der Waals surface area contributed by atoms with Gasteiger partial charge in [0.1, 0.15) is 30.4 Å². The molecule has 32 heavy (non-hydrogen) atoms. The molecule has 0 bridgehead atoms. The minimum absolute atomic E-state index is 0.0247. The van der Waals surface area contributed by atoms with Gasteiger partial charge in [0.05, 0.1) is 17.5 Å². The number of benzene rings is 1. The molecule has 8 heteroatoms. The first kappa shape index (κ1) is 20.5. The third-order valence-electron chi connectivity index (χ3n) is 6.19. The molecule has 1 amide bonds. The number of ether oxygens (including phenoxy) is 2. The van der Waals surface area contributed by atoms with Gasteiger partial charge in [-0.05, 0) is 43.9 Å². The summed E-state index contributed by atoms with van der Waals surface area (Å²) >= 11 is 0. The lowest BCUT2D eigenvalue weighted by molar-refractivity contribution is -0.133. The second kappa shape index (κ2) is 7.93. The number of ketones is 1. The molecule has 7 nitrogen and oxygen atoms in total. The first-order valence-electron chi connectivity index (χ1n) is 10.7. The molecule has 4 unspecified atom stereocenters. The van der Waals surface area contributed by atoms with Gasteiger partial charge in [-0.2, -0.15) is 0 Å². The Labute approximate surface area is 184 Å². The van der Waals surface area contributed by atoms with E-state index in [1.54, 1.807) is 37.3 Å². The van der Waals surface area contributed by atoms with Crippen LogP contribution in [0, 0.1) is 12.8 Å². The largest absolute Gasteiger partial charge is 0.490 e. The monoisotopic (exact) mass is 438 g/mol. The van der Waals surface area contributed by atoms with Crippen LogP contribution in [-0.4, -0.2) is 35.7 Å². The number of carbonyl (C=O) groups excluding carboxylic acids is 2. The smallest absolute Gasteiger partial charge is 0.295 e. The van der Waals surface area contributed by atoms with Crippen LogP contribution in [-0.2, 0) is 14.3 Å². The maximum Gasteiger partial charge on any atom is 0.295 e. The number of anilines is 1. The standard InChI is InChI=1S/C24H23FN2O5/c1-3-9-30-16-6-4-5-14(11-16)21-20-22(28)17-12-15(25)7-8-18(17)31-23(20)24(29)27(21)19-10-13(2)32-26-19/h3-6,10-11,15,17-18,21H,1,7-9,12H2,2H3. The molecule has 3 heterocycles. The molecule has 5 rings (SSSR count). The summed E-state index contributed by atoms with van der Waals surface area (Å²) in [5.74, 6) is 0.113. The summed E-state index contributed by atoms with van der Waals surface area (Å²) < 4.78 is 31.0. The van der Waals surface area contributed by atoms with Crippen molar-refractivity contribution in [3.05, 3.63) is 65.6 Å². The van der Waals surface area contributed by atoms with Crippen molar-refractivity contribution in [2.24, 2.45) is 5.92 Å². The molecule has 1 aliphatic carbocycles. The van der Waals surface area contributed by atoms with Crippen LogP contribution in [0.1, 0.15) is 36.6 Å². The zero-order valence-electron chi connectivity index (χ0n) is 17.6. The Morgan fingerprint density at radius 1 is 1.31 bits per heavy atom. The van der Waals surface area contributed by atoms with E-state index in [0.717, 1.165) is 0 Å². The Hall–Kier alpha value is -3.42. The fraction of sp³-hybridized carbons (Fsp3) is 0.375. The van der Waals surface area contributed by atoms with Crippen molar-refractivity contribution in [1.29, 1.82) is 0 Å². The average molecular weight is 438 g/mol. The summed E-state index contributed by atoms with van der Waals surface area (Å²) in [5.41, 5.74) is 0.903. The number of Topliss-reactive ketones (excluding diaryl/α,β-unsaturated/α-hetero) is 1. The summed E-state index contributed by atoms with van der Waals surface area (Å²) in [6.45, 7) is 5.69. The van der Waals surface area contributed by atoms with E-state index in [1.165, 1.54) is 4.90 Å². The van der Waals surface area contributed by atoms with Crippen molar-refractivity contribution < 1.29 is 28.0 Å². The number of aromatic nitrogens is 1. The van der Waals surface area contributed by atoms with Crippen LogP contribution in [0.15, 0.2) is 58.8 Å². The number of hydrogen-bond donors (Lipinski definition) is 0. The van der Waals surface area contributed by atoms with E-state index in [9.17, 15) is 14.0 Å². The van der Waals surface area contributed by atoms with Crippen LogP contribution in [0.25, 0.3) is 0 Å². The molecule has 1 aromatic heterocycles. The fourth-order valence-electron chi connectivity index (χ4n) is 4.76. The van der Waals surface area contributed by atoms with Gasteiger partial charge in [-0.1, -0.05) is 29.9 Å². The topological polar surface area (TPSA) is 81.9 Å². The maximum atomic E-state index is 14.1. The number of amides is 1. The van der Waals surface area contributed by atoms with Crippen molar-refractivity contribution in [2.75, 3.05) is 11.5 Å². The lowest BCUT2D eigenvalue weighted by atomic mass is 9.77. The maximum absolute atomic E-state index is 14.1. The van der Waals surface area contributed by atoms with Gasteiger partial charge < -0.3 is 14.0 Å². The van der Waals surface area contributed by atoms with E-state index in [1.807, 2.05) is 6.07 Å². The molecule has 0 saturated heterocycles. The molecule has 0 radical (unpaired) electrons. The molecule has 0 spiro atoms. The molecule has 1 aromatic carbocycles. The molecule has 0 N–H and O–H groups in total. The summed E-state index contributed by atoms with van der Waals surface area (Å²) in [6, 6.07) is 8.02. The van der Waals surface area contributed by atoms with Crippen LogP contribution < -0.4 is 9.64 Å². The second-order valence-electron chi connectivity index (χ2n) is 8.33. The summed E-state index contributed by atoms with van der Waals surface area (Å²) in [6.07, 6.45) is 0.924. The number of carbonyl (C=O) groups is 2. The number of rotatable bonds is 5. The number of nitrogens with zero attached hydrogens (tertiary/aromatic N) is 2. The minimum Gasteiger partial charge on any atom is -0.490 e. The summed E-state index contributed by atoms with van der Waals surface area (Å²) in [4.78, 5) is 28.5. The fourth-order valence-corrected chi connectivity index (χ4v) is 4.76. The highest BCUT2D eigenvalue weighted by Gasteiger charge is 2.54. The van der Waals surface area contributed by atoms with Crippen molar-refractivity contribution >= 4 is 17.5 Å². The predicted octanol–water partition coefficient (Wildman–Crippen LogP) is 4.00. The van der Waals surface area contributed by atoms with E-state index in [4.69, 9.17) is 14.0 Å². The van der Waals surface area contributed by atoms with Crippen molar-refractivity contribution in [1.82, 2.24) is 5.16 Å². The molecule has 1 saturated carbocycles. The predicted molar refractivity (Wildman–Crippen MR) is 113 cm³/mol. The first-order valence-corrected chi connectivity index (χ1v) is 10.7. The Morgan fingerprint density at radius 3 is 2.91 bits per heavy atom. The lowest BCUT2D eigenvalue weighted by Crippen LogP contribution is -2.42. The van der Waals surface area contributed by atoms with Gasteiger partial charge in [-0.3, -0.25) is 14.5 Å². The Kier molecular flexibility index (Phi) is 5.07. The molecular weight excluding hydrogens is 415 g/mol. The van der Waals surface area contributed by atoms with Gasteiger partial charge in [0, 0.05) is 6.07 Å². The van der Waals surface area contributed by atoms with Gasteiger partial charge in [0.25, 0.3) is 5.91 Å². The lowest BCUT2D eigenvalue weighted by Gasteiger charge is -2.36. The van der Waals surface area contributed by atoms with E-state index < -0.39 is 30.1 Å². The molecule has 2 aliphatic heterocycles. The minimum atomic E-state index is -1.05. The van der Waals surface area contributed by atoms with Gasteiger partial charge in [-0.25, -0.2) is 4.39 Å². The molecule has 166 valence electrons. The first-order chi connectivity index (χ1) is 15.5.